The Labute approximate surface area is 123 Å². The molecule has 1 amide bonds. The Morgan fingerprint density at radius 2 is 2.05 bits per heavy atom. The van der Waals surface area contributed by atoms with Gasteiger partial charge in [-0.2, -0.15) is 5.26 Å². The van der Waals surface area contributed by atoms with Crippen LogP contribution in [0.5, 0.6) is 0 Å². The van der Waals surface area contributed by atoms with E-state index in [1.54, 1.807) is 19.0 Å². The second-order valence-electron chi connectivity index (χ2n) is 4.31. The Kier molecular flexibility index (Phi) is 6.60. The fourth-order valence-corrected chi connectivity index (χ4v) is 1.85. The summed E-state index contributed by atoms with van der Waals surface area (Å²) in [4.78, 5) is 17.4. The standard InChI is InChI=1S/C14H18N4OS/c1-18(2)13(19)9-6-11-4-7-12(8-5-11)17-14(20-3)16-10-15/h4-5,7-8H,6,9H2,1-3H3,(H,16,17). The number of benzene rings is 1. The van der Waals surface area contributed by atoms with Crippen molar-refractivity contribution in [2.75, 3.05) is 20.4 Å². The quantitative estimate of drug-likeness (QED) is 0.399. The van der Waals surface area contributed by atoms with Gasteiger partial charge in [0, 0.05) is 20.5 Å². The van der Waals surface area contributed by atoms with E-state index in [4.69, 9.17) is 5.26 Å². The maximum Gasteiger partial charge on any atom is 0.222 e. The molecule has 106 valence electrons. The number of aryl methyl sites for hydroxylation is 1. The molecule has 1 aromatic rings. The van der Waals surface area contributed by atoms with Crippen molar-refractivity contribution in [1.82, 2.24) is 10.2 Å². The van der Waals surface area contributed by atoms with Crippen LogP contribution in [0.4, 0.5) is 5.69 Å². The van der Waals surface area contributed by atoms with Crippen LogP contribution in [-0.4, -0.2) is 36.3 Å². The van der Waals surface area contributed by atoms with Crippen molar-refractivity contribution >= 4 is 28.5 Å². The number of hydrogen-bond acceptors (Lipinski definition) is 4. The van der Waals surface area contributed by atoms with Gasteiger partial charge in [0.05, 0.1) is 5.69 Å². The highest BCUT2D eigenvalue weighted by Crippen LogP contribution is 2.16. The van der Waals surface area contributed by atoms with Crippen LogP contribution < -0.4 is 5.32 Å². The van der Waals surface area contributed by atoms with Crippen molar-refractivity contribution in [2.24, 2.45) is 4.99 Å². The SMILES string of the molecule is CSC(=Nc1ccc(CCC(=O)N(C)C)cc1)NC#N. The van der Waals surface area contributed by atoms with Gasteiger partial charge < -0.3 is 4.90 Å². The zero-order chi connectivity index (χ0) is 15.0. The number of amides is 1. The van der Waals surface area contributed by atoms with Gasteiger partial charge in [-0.15, -0.1) is 0 Å². The fourth-order valence-electron chi connectivity index (χ4n) is 1.50. The van der Waals surface area contributed by atoms with Crippen LogP contribution in [0.25, 0.3) is 0 Å². The summed E-state index contributed by atoms with van der Waals surface area (Å²) >= 11 is 1.38. The van der Waals surface area contributed by atoms with Gasteiger partial charge in [0.1, 0.15) is 0 Å². The number of carbonyl (C=O) groups excluding carboxylic acids is 1. The Bertz CT molecular complexity index is 517. The Morgan fingerprint density at radius 1 is 1.40 bits per heavy atom. The van der Waals surface area contributed by atoms with Crippen LogP contribution in [0, 0.1) is 11.5 Å². The molecule has 0 aromatic heterocycles. The average molecular weight is 290 g/mol. The predicted molar refractivity (Wildman–Crippen MR) is 82.8 cm³/mol. The van der Waals surface area contributed by atoms with Gasteiger partial charge >= 0.3 is 0 Å². The summed E-state index contributed by atoms with van der Waals surface area (Å²) in [5, 5.41) is 11.6. The van der Waals surface area contributed by atoms with Crippen molar-refractivity contribution in [3.8, 4) is 6.19 Å². The highest BCUT2D eigenvalue weighted by atomic mass is 32.2. The molecule has 20 heavy (non-hydrogen) atoms. The summed E-state index contributed by atoms with van der Waals surface area (Å²) in [7, 11) is 3.51. The molecule has 0 saturated heterocycles. The summed E-state index contributed by atoms with van der Waals surface area (Å²) < 4.78 is 0. The van der Waals surface area contributed by atoms with E-state index in [0.29, 0.717) is 18.0 Å². The first-order chi connectivity index (χ1) is 9.56. The molecule has 5 nitrogen and oxygen atoms in total. The number of carbonyl (C=O) groups is 1. The van der Waals surface area contributed by atoms with Gasteiger partial charge in [-0.1, -0.05) is 23.9 Å². The molecule has 0 aliphatic rings. The molecule has 0 aliphatic heterocycles. The average Bonchev–Trinajstić information content (AvgIpc) is 2.45. The van der Waals surface area contributed by atoms with E-state index in [2.05, 4.69) is 10.3 Å². The Balaban J connectivity index is 2.65. The van der Waals surface area contributed by atoms with E-state index in [-0.39, 0.29) is 5.91 Å². The maximum absolute atomic E-state index is 11.5. The Morgan fingerprint density at radius 3 is 2.55 bits per heavy atom. The first-order valence-electron chi connectivity index (χ1n) is 6.13. The molecular weight excluding hydrogens is 272 g/mol. The van der Waals surface area contributed by atoms with Crippen molar-refractivity contribution in [2.45, 2.75) is 12.8 Å². The number of hydrogen-bond donors (Lipinski definition) is 1. The molecule has 0 spiro atoms. The number of thioether (sulfide) groups is 1. The molecule has 1 rings (SSSR count). The first kappa shape index (κ1) is 16.1. The van der Waals surface area contributed by atoms with Crippen LogP contribution in [-0.2, 0) is 11.2 Å². The van der Waals surface area contributed by atoms with E-state index >= 15 is 0 Å². The third kappa shape index (κ3) is 5.33. The zero-order valence-corrected chi connectivity index (χ0v) is 12.7. The second kappa shape index (κ2) is 8.23. The molecular formula is C14H18N4OS. The van der Waals surface area contributed by atoms with Crippen LogP contribution >= 0.6 is 11.8 Å². The van der Waals surface area contributed by atoms with E-state index in [1.165, 1.54) is 11.8 Å². The lowest BCUT2D eigenvalue weighted by molar-refractivity contribution is -0.128. The van der Waals surface area contributed by atoms with E-state index in [0.717, 1.165) is 11.3 Å². The summed E-state index contributed by atoms with van der Waals surface area (Å²) in [6.45, 7) is 0. The molecule has 1 aromatic carbocycles. The van der Waals surface area contributed by atoms with Gasteiger partial charge in [0.25, 0.3) is 0 Å². The largest absolute Gasteiger partial charge is 0.349 e. The molecule has 0 aliphatic carbocycles. The highest BCUT2D eigenvalue weighted by Gasteiger charge is 2.04. The van der Waals surface area contributed by atoms with E-state index in [9.17, 15) is 4.79 Å². The van der Waals surface area contributed by atoms with Crippen LogP contribution in [0.3, 0.4) is 0 Å². The third-order valence-electron chi connectivity index (χ3n) is 2.65. The van der Waals surface area contributed by atoms with Crippen LogP contribution in [0.1, 0.15) is 12.0 Å². The van der Waals surface area contributed by atoms with Gasteiger partial charge in [-0.3, -0.25) is 10.1 Å². The van der Waals surface area contributed by atoms with Crippen molar-refractivity contribution < 1.29 is 4.79 Å². The molecule has 6 heteroatoms. The molecule has 0 heterocycles. The number of nitrogens with zero attached hydrogens (tertiary/aromatic N) is 3. The monoisotopic (exact) mass is 290 g/mol. The van der Waals surface area contributed by atoms with E-state index < -0.39 is 0 Å². The van der Waals surface area contributed by atoms with Crippen molar-refractivity contribution in [3.63, 3.8) is 0 Å². The zero-order valence-electron chi connectivity index (χ0n) is 11.9. The topological polar surface area (TPSA) is 68.5 Å². The number of nitrogens with one attached hydrogen (secondary N) is 1. The molecule has 0 radical (unpaired) electrons. The Hall–Kier alpha value is -2.00. The molecule has 1 N–H and O–H groups in total. The molecule has 0 atom stereocenters. The van der Waals surface area contributed by atoms with Crippen LogP contribution in [0.2, 0.25) is 0 Å². The fraction of sp³-hybridized carbons (Fsp3) is 0.357. The molecule has 0 bridgehead atoms. The lowest BCUT2D eigenvalue weighted by atomic mass is 10.1. The molecule has 0 unspecified atom stereocenters. The van der Waals surface area contributed by atoms with Gasteiger partial charge in [0.15, 0.2) is 11.4 Å². The van der Waals surface area contributed by atoms with Gasteiger partial charge in [-0.05, 0) is 30.4 Å². The minimum Gasteiger partial charge on any atom is -0.349 e. The number of amidine groups is 1. The first-order valence-corrected chi connectivity index (χ1v) is 7.36. The maximum atomic E-state index is 11.5. The third-order valence-corrected chi connectivity index (χ3v) is 3.23. The number of rotatable bonds is 4. The predicted octanol–water partition coefficient (Wildman–Crippen LogP) is 2.13. The summed E-state index contributed by atoms with van der Waals surface area (Å²) in [5.41, 5.74) is 1.87. The van der Waals surface area contributed by atoms with E-state index in [1.807, 2.05) is 36.7 Å². The minimum absolute atomic E-state index is 0.120. The minimum atomic E-state index is 0.120. The van der Waals surface area contributed by atoms with Crippen molar-refractivity contribution in [1.29, 1.82) is 5.26 Å². The lowest BCUT2D eigenvalue weighted by Crippen LogP contribution is -2.21. The summed E-state index contributed by atoms with van der Waals surface area (Å²) in [6.07, 6.45) is 4.92. The normalized spacial score (nSPS) is 10.8. The lowest BCUT2D eigenvalue weighted by Gasteiger charge is -2.09. The molecule has 0 saturated carbocycles. The van der Waals surface area contributed by atoms with Crippen molar-refractivity contribution in [3.05, 3.63) is 29.8 Å². The summed E-state index contributed by atoms with van der Waals surface area (Å²) in [5.74, 6) is 0.120. The molecule has 0 fully saturated rings. The number of aliphatic imine (C=N–C) groups is 1. The number of nitriles is 1. The summed E-state index contributed by atoms with van der Waals surface area (Å²) in [6, 6.07) is 7.66. The highest BCUT2D eigenvalue weighted by molar-refractivity contribution is 8.13. The smallest absolute Gasteiger partial charge is 0.222 e. The van der Waals surface area contributed by atoms with Crippen LogP contribution in [0.15, 0.2) is 29.3 Å². The van der Waals surface area contributed by atoms with Gasteiger partial charge in [0.2, 0.25) is 5.91 Å². The van der Waals surface area contributed by atoms with Gasteiger partial charge in [-0.25, -0.2) is 4.99 Å². The second-order valence-corrected chi connectivity index (χ2v) is 5.11.